The molecule has 1 atom stereocenters. The van der Waals surface area contributed by atoms with Crippen molar-refractivity contribution in [1.82, 2.24) is 25.4 Å². The van der Waals surface area contributed by atoms with E-state index >= 15 is 4.39 Å². The molecule has 2 aromatic heterocycles. The smallest absolute Gasteiger partial charge is 0.254 e. The molecule has 0 aliphatic carbocycles. The number of carbonyl (C=O) groups excluding carboxylic acids is 2. The number of fused-ring (bicyclic) bond motifs is 1. The lowest BCUT2D eigenvalue weighted by Crippen LogP contribution is -2.36. The first-order valence-electron chi connectivity index (χ1n) is 8.65. The van der Waals surface area contributed by atoms with Gasteiger partial charge in [0, 0.05) is 50.0 Å². The largest absolute Gasteiger partial charge is 0.352 e. The third-order valence-corrected chi connectivity index (χ3v) is 4.87. The number of anilines is 1. The van der Waals surface area contributed by atoms with E-state index in [4.69, 9.17) is 0 Å². The lowest BCUT2D eigenvalue weighted by atomic mass is 10.0. The summed E-state index contributed by atoms with van der Waals surface area (Å²) in [5.74, 6) is -0.888. The molecular weight excluding hydrogens is 351 g/mol. The molecule has 0 bridgehead atoms. The van der Waals surface area contributed by atoms with Crippen molar-refractivity contribution in [1.29, 1.82) is 0 Å². The lowest BCUT2D eigenvalue weighted by molar-refractivity contribution is -0.117. The molecule has 4 rings (SSSR count). The Balaban J connectivity index is 1.73. The first-order valence-corrected chi connectivity index (χ1v) is 8.65. The number of rotatable bonds is 4. The summed E-state index contributed by atoms with van der Waals surface area (Å²) in [4.78, 5) is 30.1. The molecule has 2 aliphatic rings. The van der Waals surface area contributed by atoms with Gasteiger partial charge in [-0.3, -0.25) is 14.3 Å². The molecule has 2 N–H and O–H groups in total. The average Bonchev–Trinajstić information content (AvgIpc) is 3.37. The Kier molecular flexibility index (Phi) is 4.14. The predicted molar refractivity (Wildman–Crippen MR) is 96.5 cm³/mol. The Bertz CT molecular complexity index is 954. The summed E-state index contributed by atoms with van der Waals surface area (Å²) in [5, 5.41) is 9.63. The van der Waals surface area contributed by atoms with Gasteiger partial charge in [0.15, 0.2) is 11.6 Å². The van der Waals surface area contributed by atoms with Crippen LogP contribution in [0.25, 0.3) is 11.3 Å². The van der Waals surface area contributed by atoms with Crippen molar-refractivity contribution >= 4 is 17.6 Å². The third-order valence-electron chi connectivity index (χ3n) is 4.87. The first kappa shape index (κ1) is 17.2. The molecule has 1 saturated heterocycles. The number of pyridine rings is 1. The fourth-order valence-corrected chi connectivity index (χ4v) is 3.56. The average molecular weight is 370 g/mol. The van der Waals surface area contributed by atoms with Crippen LogP contribution < -0.4 is 15.5 Å². The summed E-state index contributed by atoms with van der Waals surface area (Å²) in [5.41, 5.74) is 1.66. The van der Waals surface area contributed by atoms with Crippen LogP contribution in [0, 0.1) is 5.82 Å². The fourth-order valence-electron chi connectivity index (χ4n) is 3.56. The molecule has 4 heterocycles. The van der Waals surface area contributed by atoms with E-state index in [1.54, 1.807) is 29.0 Å². The summed E-state index contributed by atoms with van der Waals surface area (Å²) in [7, 11) is 1.77. The van der Waals surface area contributed by atoms with E-state index in [0.29, 0.717) is 36.3 Å². The van der Waals surface area contributed by atoms with Gasteiger partial charge in [0.2, 0.25) is 5.91 Å². The highest BCUT2D eigenvalue weighted by Gasteiger charge is 2.34. The van der Waals surface area contributed by atoms with Gasteiger partial charge in [-0.25, -0.2) is 9.37 Å². The molecule has 27 heavy (non-hydrogen) atoms. The van der Waals surface area contributed by atoms with E-state index in [1.165, 1.54) is 6.08 Å². The van der Waals surface area contributed by atoms with E-state index in [0.717, 1.165) is 0 Å². The van der Waals surface area contributed by atoms with Crippen molar-refractivity contribution in [2.75, 3.05) is 18.0 Å². The number of halogens is 1. The zero-order chi connectivity index (χ0) is 19.1. The number of nitrogens with one attached hydrogen (secondary N) is 2. The Labute approximate surface area is 155 Å². The Morgan fingerprint density at radius 2 is 2.33 bits per heavy atom. The minimum absolute atomic E-state index is 0.105. The summed E-state index contributed by atoms with van der Waals surface area (Å²) in [6, 6.07) is -0.105. The van der Waals surface area contributed by atoms with Crippen molar-refractivity contribution in [3.05, 3.63) is 42.0 Å². The van der Waals surface area contributed by atoms with Crippen LogP contribution in [0.1, 0.15) is 22.3 Å². The molecule has 0 spiro atoms. The first-order chi connectivity index (χ1) is 13.0. The van der Waals surface area contributed by atoms with Gasteiger partial charge < -0.3 is 15.5 Å². The maximum Gasteiger partial charge on any atom is 0.254 e. The van der Waals surface area contributed by atoms with E-state index in [9.17, 15) is 9.59 Å². The summed E-state index contributed by atoms with van der Waals surface area (Å²) in [6.45, 7) is 4.57. The van der Waals surface area contributed by atoms with E-state index in [2.05, 4.69) is 27.3 Å². The minimum Gasteiger partial charge on any atom is -0.352 e. The quantitative estimate of drug-likeness (QED) is 0.775. The van der Waals surface area contributed by atoms with Gasteiger partial charge >= 0.3 is 0 Å². The monoisotopic (exact) mass is 370 g/mol. The topological polar surface area (TPSA) is 92.2 Å². The second kappa shape index (κ2) is 6.49. The van der Waals surface area contributed by atoms with E-state index in [1.807, 2.05) is 0 Å². The maximum atomic E-state index is 15.1. The van der Waals surface area contributed by atoms with Crippen molar-refractivity contribution in [2.45, 2.75) is 19.0 Å². The summed E-state index contributed by atoms with van der Waals surface area (Å²) < 4.78 is 16.7. The Morgan fingerprint density at radius 1 is 1.52 bits per heavy atom. The molecule has 0 aromatic carbocycles. The third kappa shape index (κ3) is 2.94. The molecule has 8 nitrogen and oxygen atoms in total. The molecule has 0 saturated carbocycles. The van der Waals surface area contributed by atoms with E-state index < -0.39 is 5.82 Å². The van der Waals surface area contributed by atoms with Gasteiger partial charge in [-0.15, -0.1) is 0 Å². The van der Waals surface area contributed by atoms with Crippen molar-refractivity contribution in [2.24, 2.45) is 7.05 Å². The number of aryl methyl sites for hydroxylation is 1. The van der Waals surface area contributed by atoms with Crippen LogP contribution in [-0.2, 0) is 18.4 Å². The molecule has 2 aliphatic heterocycles. The number of carbonyl (C=O) groups is 2. The van der Waals surface area contributed by atoms with Gasteiger partial charge in [0.1, 0.15) is 0 Å². The predicted octanol–water partition coefficient (Wildman–Crippen LogP) is 0.745. The normalized spacial score (nSPS) is 18.4. The van der Waals surface area contributed by atoms with Crippen LogP contribution in [-0.4, -0.2) is 45.7 Å². The maximum absolute atomic E-state index is 15.1. The van der Waals surface area contributed by atoms with Crippen LogP contribution >= 0.6 is 0 Å². The Morgan fingerprint density at radius 3 is 3.04 bits per heavy atom. The SMILES string of the molecule is C=CC(=O)NC1CCN(c2nc(-c3cnn(C)c3)c3c(c2F)CNC3=O)C1. The highest BCUT2D eigenvalue weighted by Crippen LogP contribution is 2.34. The second-order valence-electron chi connectivity index (χ2n) is 6.68. The summed E-state index contributed by atoms with van der Waals surface area (Å²) in [6.07, 6.45) is 5.24. The van der Waals surface area contributed by atoms with Crippen molar-refractivity contribution in [3.63, 3.8) is 0 Å². The second-order valence-corrected chi connectivity index (χ2v) is 6.68. The number of amides is 2. The minimum atomic E-state index is -0.494. The number of hydrogen-bond acceptors (Lipinski definition) is 5. The van der Waals surface area contributed by atoms with Gasteiger partial charge in [0.05, 0.1) is 17.5 Å². The van der Waals surface area contributed by atoms with Gasteiger partial charge in [-0.1, -0.05) is 6.58 Å². The lowest BCUT2D eigenvalue weighted by Gasteiger charge is -2.20. The molecule has 2 aromatic rings. The van der Waals surface area contributed by atoms with Crippen LogP contribution in [0.4, 0.5) is 10.2 Å². The van der Waals surface area contributed by atoms with Crippen molar-refractivity contribution < 1.29 is 14.0 Å². The number of nitrogens with zero attached hydrogens (tertiary/aromatic N) is 4. The van der Waals surface area contributed by atoms with Crippen molar-refractivity contribution in [3.8, 4) is 11.3 Å². The van der Waals surface area contributed by atoms with Gasteiger partial charge in [0.25, 0.3) is 5.91 Å². The van der Waals surface area contributed by atoms with Crippen LogP contribution in [0.15, 0.2) is 25.0 Å². The molecule has 9 heteroatoms. The highest BCUT2D eigenvalue weighted by molar-refractivity contribution is 6.04. The number of aromatic nitrogens is 3. The fraction of sp³-hybridized carbons (Fsp3) is 0.333. The van der Waals surface area contributed by atoms with Gasteiger partial charge in [-0.05, 0) is 12.5 Å². The molecular formula is C18H19FN6O2. The summed E-state index contributed by atoms with van der Waals surface area (Å²) >= 11 is 0. The Hall–Kier alpha value is -3.23. The zero-order valence-electron chi connectivity index (χ0n) is 14.8. The molecule has 2 amide bonds. The van der Waals surface area contributed by atoms with Gasteiger partial charge in [-0.2, -0.15) is 5.10 Å². The molecule has 0 radical (unpaired) electrons. The molecule has 140 valence electrons. The zero-order valence-corrected chi connectivity index (χ0v) is 14.8. The standard InChI is InChI=1S/C18H19FN6O2/c1-3-13(26)22-11-4-5-25(9-11)17-15(19)12-7-20-18(27)14(12)16(23-17)10-6-21-24(2)8-10/h3,6,8,11H,1,4-5,7,9H2,2H3,(H,20,27)(H,22,26). The molecule has 1 unspecified atom stereocenters. The highest BCUT2D eigenvalue weighted by atomic mass is 19.1. The molecule has 1 fully saturated rings. The van der Waals surface area contributed by atoms with Crippen LogP contribution in [0.2, 0.25) is 0 Å². The van der Waals surface area contributed by atoms with Crippen LogP contribution in [0.5, 0.6) is 0 Å². The number of hydrogen-bond donors (Lipinski definition) is 2. The van der Waals surface area contributed by atoms with E-state index in [-0.39, 0.29) is 35.8 Å². The van der Waals surface area contributed by atoms with Crippen LogP contribution in [0.3, 0.4) is 0 Å².